The molecule has 4 heteroatoms. The molecule has 2 aromatic carbocycles. The van der Waals surface area contributed by atoms with Crippen molar-refractivity contribution in [3.63, 3.8) is 0 Å². The first-order valence-electron chi connectivity index (χ1n) is 9.92. The summed E-state index contributed by atoms with van der Waals surface area (Å²) in [6, 6.07) is 20.0. The van der Waals surface area contributed by atoms with Crippen LogP contribution in [0.3, 0.4) is 0 Å². The Morgan fingerprint density at radius 1 is 1.03 bits per heavy atom. The van der Waals surface area contributed by atoms with Gasteiger partial charge in [0.1, 0.15) is 0 Å². The summed E-state index contributed by atoms with van der Waals surface area (Å²) in [6.45, 7) is 9.22. The molecule has 1 amide bonds. The minimum absolute atomic E-state index is 0.0597. The van der Waals surface area contributed by atoms with Gasteiger partial charge < -0.3 is 4.90 Å². The number of halogens is 1. The van der Waals surface area contributed by atoms with E-state index in [0.29, 0.717) is 11.6 Å². The van der Waals surface area contributed by atoms with Crippen molar-refractivity contribution in [1.29, 1.82) is 0 Å². The summed E-state index contributed by atoms with van der Waals surface area (Å²) in [5.41, 5.74) is 3.10. The molecule has 3 aromatic rings. The third-order valence-corrected chi connectivity index (χ3v) is 6.28. The van der Waals surface area contributed by atoms with Crippen molar-refractivity contribution in [2.75, 3.05) is 0 Å². The average molecular weight is 426 g/mol. The van der Waals surface area contributed by atoms with Crippen molar-refractivity contribution in [3.05, 3.63) is 92.6 Å². The molecule has 29 heavy (non-hydrogen) atoms. The van der Waals surface area contributed by atoms with Gasteiger partial charge in [-0.05, 0) is 59.2 Å². The van der Waals surface area contributed by atoms with E-state index in [0.717, 1.165) is 17.5 Å². The second-order valence-corrected chi connectivity index (χ2v) is 9.99. The van der Waals surface area contributed by atoms with Crippen molar-refractivity contribution in [3.8, 4) is 0 Å². The van der Waals surface area contributed by atoms with Gasteiger partial charge in [0.15, 0.2) is 0 Å². The molecule has 1 aromatic heterocycles. The first-order chi connectivity index (χ1) is 13.7. The molecule has 0 aliphatic heterocycles. The first-order valence-corrected chi connectivity index (χ1v) is 11.2. The molecule has 152 valence electrons. The van der Waals surface area contributed by atoms with Crippen LogP contribution in [0.15, 0.2) is 66.0 Å². The summed E-state index contributed by atoms with van der Waals surface area (Å²) >= 11 is 7.77. The average Bonchev–Trinajstić information content (AvgIpc) is 3.19. The minimum atomic E-state index is 0.0597. The number of amides is 1. The Labute approximate surface area is 183 Å². The Morgan fingerprint density at radius 2 is 1.69 bits per heavy atom. The lowest BCUT2D eigenvalue weighted by molar-refractivity contribution is 0.0676. The number of carbonyl (C=O) groups excluding carboxylic acids is 1. The highest BCUT2D eigenvalue weighted by atomic mass is 35.5. The van der Waals surface area contributed by atoms with E-state index < -0.39 is 0 Å². The molecular weight excluding hydrogens is 398 g/mol. The van der Waals surface area contributed by atoms with Gasteiger partial charge in [0.2, 0.25) is 0 Å². The zero-order chi connectivity index (χ0) is 21.0. The van der Waals surface area contributed by atoms with E-state index in [2.05, 4.69) is 57.3 Å². The van der Waals surface area contributed by atoms with Crippen LogP contribution in [0, 0.1) is 0 Å². The summed E-state index contributed by atoms with van der Waals surface area (Å²) in [4.78, 5) is 16.7. The van der Waals surface area contributed by atoms with Gasteiger partial charge in [-0.2, -0.15) is 0 Å². The highest BCUT2D eigenvalue weighted by Crippen LogP contribution is 2.24. The Hall–Kier alpha value is -2.10. The quantitative estimate of drug-likeness (QED) is 0.417. The molecule has 1 unspecified atom stereocenters. The smallest absolute Gasteiger partial charge is 0.254 e. The lowest BCUT2D eigenvalue weighted by Crippen LogP contribution is -2.39. The van der Waals surface area contributed by atoms with Crippen molar-refractivity contribution in [1.82, 2.24) is 4.90 Å². The third kappa shape index (κ3) is 5.71. The summed E-state index contributed by atoms with van der Waals surface area (Å²) < 4.78 is 0. The van der Waals surface area contributed by atoms with Crippen LogP contribution in [0.4, 0.5) is 0 Å². The molecule has 1 heterocycles. The van der Waals surface area contributed by atoms with Gasteiger partial charge in [-0.1, -0.05) is 62.7 Å². The number of rotatable bonds is 6. The van der Waals surface area contributed by atoms with E-state index in [4.69, 9.17) is 11.6 Å². The SMILES string of the molecule is CC(Cc1cccs1)N(Cc1ccc(Cl)cc1)C(=O)c1ccc(C(C)(C)C)cc1. The molecule has 3 rings (SSSR count). The second-order valence-electron chi connectivity index (χ2n) is 8.52. The number of nitrogens with zero attached hydrogens (tertiary/aromatic N) is 1. The monoisotopic (exact) mass is 425 g/mol. The molecule has 2 nitrogen and oxygen atoms in total. The van der Waals surface area contributed by atoms with Crippen LogP contribution in [0.5, 0.6) is 0 Å². The Balaban J connectivity index is 1.86. The van der Waals surface area contributed by atoms with Crippen LogP contribution in [0.2, 0.25) is 5.02 Å². The van der Waals surface area contributed by atoms with Crippen LogP contribution >= 0.6 is 22.9 Å². The van der Waals surface area contributed by atoms with Crippen LogP contribution in [-0.4, -0.2) is 16.8 Å². The molecule has 0 bridgehead atoms. The maximum Gasteiger partial charge on any atom is 0.254 e. The summed E-state index contributed by atoms with van der Waals surface area (Å²) in [7, 11) is 0. The van der Waals surface area contributed by atoms with Crippen LogP contribution in [0.1, 0.15) is 54.1 Å². The van der Waals surface area contributed by atoms with E-state index in [-0.39, 0.29) is 17.4 Å². The molecule has 0 aliphatic carbocycles. The lowest BCUT2D eigenvalue weighted by Gasteiger charge is -2.30. The second kappa shape index (κ2) is 9.15. The topological polar surface area (TPSA) is 20.3 Å². The van der Waals surface area contributed by atoms with Gasteiger partial charge in [0.25, 0.3) is 5.91 Å². The standard InChI is InChI=1S/C25H28ClNOS/c1-18(16-23-6-5-15-29-23)27(17-19-7-13-22(26)14-8-19)24(28)20-9-11-21(12-10-20)25(2,3)4/h5-15,18H,16-17H2,1-4H3. The van der Waals surface area contributed by atoms with Gasteiger partial charge in [-0.3, -0.25) is 4.79 Å². The first kappa shape index (κ1) is 21.6. The van der Waals surface area contributed by atoms with Crippen molar-refractivity contribution < 1.29 is 4.79 Å². The molecule has 1 atom stereocenters. The molecule has 0 saturated carbocycles. The Morgan fingerprint density at radius 3 is 2.24 bits per heavy atom. The lowest BCUT2D eigenvalue weighted by atomic mass is 9.86. The van der Waals surface area contributed by atoms with Gasteiger partial charge in [-0.15, -0.1) is 11.3 Å². The predicted molar refractivity (Wildman–Crippen MR) is 124 cm³/mol. The van der Waals surface area contributed by atoms with Crippen molar-refractivity contribution in [2.24, 2.45) is 0 Å². The fraction of sp³-hybridized carbons (Fsp3) is 0.320. The maximum atomic E-state index is 13.5. The molecule has 0 spiro atoms. The predicted octanol–water partition coefficient (Wildman–Crippen LogP) is 6.97. The van der Waals surface area contributed by atoms with Gasteiger partial charge in [0, 0.05) is 34.5 Å². The molecule has 0 N–H and O–H groups in total. The van der Waals surface area contributed by atoms with Crippen molar-refractivity contribution >= 4 is 28.8 Å². The fourth-order valence-electron chi connectivity index (χ4n) is 3.32. The number of hydrogen-bond donors (Lipinski definition) is 0. The van der Waals surface area contributed by atoms with Gasteiger partial charge >= 0.3 is 0 Å². The normalized spacial score (nSPS) is 12.6. The van der Waals surface area contributed by atoms with Crippen LogP contribution < -0.4 is 0 Å². The van der Waals surface area contributed by atoms with Gasteiger partial charge in [-0.25, -0.2) is 0 Å². The fourth-order valence-corrected chi connectivity index (χ4v) is 4.28. The van der Waals surface area contributed by atoms with Crippen LogP contribution in [-0.2, 0) is 18.4 Å². The van der Waals surface area contributed by atoms with E-state index in [1.807, 2.05) is 41.3 Å². The molecule has 0 aliphatic rings. The highest BCUT2D eigenvalue weighted by Gasteiger charge is 2.23. The highest BCUT2D eigenvalue weighted by molar-refractivity contribution is 7.09. The minimum Gasteiger partial charge on any atom is -0.331 e. The number of carbonyl (C=O) groups is 1. The summed E-state index contributed by atoms with van der Waals surface area (Å²) in [5.74, 6) is 0.0597. The third-order valence-electron chi connectivity index (χ3n) is 5.13. The summed E-state index contributed by atoms with van der Waals surface area (Å²) in [5, 5.41) is 2.79. The number of benzene rings is 2. The molecular formula is C25H28ClNOS. The van der Waals surface area contributed by atoms with Crippen molar-refractivity contribution in [2.45, 2.75) is 52.1 Å². The maximum absolute atomic E-state index is 13.5. The Kier molecular flexibility index (Phi) is 6.81. The largest absolute Gasteiger partial charge is 0.331 e. The van der Waals surface area contributed by atoms with E-state index in [1.54, 1.807) is 11.3 Å². The molecule has 0 saturated heterocycles. The van der Waals surface area contributed by atoms with E-state index in [9.17, 15) is 4.79 Å². The molecule has 0 fully saturated rings. The van der Waals surface area contributed by atoms with E-state index >= 15 is 0 Å². The summed E-state index contributed by atoms with van der Waals surface area (Å²) in [6.07, 6.45) is 0.844. The van der Waals surface area contributed by atoms with Crippen LogP contribution in [0.25, 0.3) is 0 Å². The zero-order valence-electron chi connectivity index (χ0n) is 17.5. The number of hydrogen-bond acceptors (Lipinski definition) is 2. The van der Waals surface area contributed by atoms with E-state index in [1.165, 1.54) is 10.4 Å². The number of thiophene rings is 1. The molecule has 0 radical (unpaired) electrons. The Bertz CT molecular complexity index is 924. The zero-order valence-corrected chi connectivity index (χ0v) is 19.1. The van der Waals surface area contributed by atoms with Gasteiger partial charge in [0.05, 0.1) is 0 Å².